The second kappa shape index (κ2) is 4.29. The lowest BCUT2D eigenvalue weighted by molar-refractivity contribution is 0.242. The lowest BCUT2D eigenvalue weighted by Crippen LogP contribution is -2.06. The van der Waals surface area contributed by atoms with Gasteiger partial charge in [0.25, 0.3) is 0 Å². The lowest BCUT2D eigenvalue weighted by Gasteiger charge is -2.11. The Bertz CT molecular complexity index is 315. The SMILES string of the molecule is CC(C)Oc1ccc(F)c(Br)c1Cl. The molecule has 1 aromatic rings. The van der Waals surface area contributed by atoms with Crippen LogP contribution < -0.4 is 4.74 Å². The van der Waals surface area contributed by atoms with Gasteiger partial charge in [0, 0.05) is 0 Å². The van der Waals surface area contributed by atoms with Crippen LogP contribution in [-0.2, 0) is 0 Å². The summed E-state index contributed by atoms with van der Waals surface area (Å²) in [5, 5.41) is 0.272. The molecule has 0 amide bonds. The maximum Gasteiger partial charge on any atom is 0.139 e. The largest absolute Gasteiger partial charge is 0.489 e. The molecule has 0 spiro atoms. The molecule has 0 atom stereocenters. The van der Waals surface area contributed by atoms with Gasteiger partial charge in [-0.05, 0) is 41.9 Å². The van der Waals surface area contributed by atoms with E-state index in [0.29, 0.717) is 5.75 Å². The van der Waals surface area contributed by atoms with E-state index in [1.165, 1.54) is 12.1 Å². The Morgan fingerprint density at radius 2 is 2.08 bits per heavy atom. The topological polar surface area (TPSA) is 9.23 Å². The van der Waals surface area contributed by atoms with Crippen LogP contribution in [0.4, 0.5) is 4.39 Å². The molecule has 1 nitrogen and oxygen atoms in total. The predicted molar refractivity (Wildman–Crippen MR) is 54.9 cm³/mol. The number of ether oxygens (including phenoxy) is 1. The van der Waals surface area contributed by atoms with E-state index < -0.39 is 0 Å². The second-order valence-corrected chi connectivity index (χ2v) is 4.01. The number of halogens is 3. The molecule has 0 aliphatic rings. The van der Waals surface area contributed by atoms with Crippen LogP contribution in [0.1, 0.15) is 13.8 Å². The molecular formula is C9H9BrClFO. The first-order chi connectivity index (χ1) is 6.02. The second-order valence-electron chi connectivity index (χ2n) is 2.84. The molecule has 0 bridgehead atoms. The van der Waals surface area contributed by atoms with Gasteiger partial charge >= 0.3 is 0 Å². The molecule has 0 saturated carbocycles. The van der Waals surface area contributed by atoms with Gasteiger partial charge in [0.15, 0.2) is 0 Å². The van der Waals surface area contributed by atoms with Crippen LogP contribution in [0.5, 0.6) is 5.75 Å². The molecule has 0 N–H and O–H groups in total. The van der Waals surface area contributed by atoms with Crippen molar-refractivity contribution in [2.24, 2.45) is 0 Å². The third-order valence-corrected chi connectivity index (χ3v) is 2.74. The van der Waals surface area contributed by atoms with Crippen LogP contribution in [0, 0.1) is 5.82 Å². The van der Waals surface area contributed by atoms with Crippen LogP contribution in [0.25, 0.3) is 0 Å². The summed E-state index contributed by atoms with van der Waals surface area (Å²) < 4.78 is 18.5. The normalized spacial score (nSPS) is 10.6. The first-order valence-electron chi connectivity index (χ1n) is 3.82. The zero-order valence-electron chi connectivity index (χ0n) is 7.27. The molecule has 0 fully saturated rings. The summed E-state index contributed by atoms with van der Waals surface area (Å²) in [6.07, 6.45) is 0.0230. The first kappa shape index (κ1) is 10.8. The van der Waals surface area contributed by atoms with Crippen molar-refractivity contribution in [2.75, 3.05) is 0 Å². The predicted octanol–water partition coefficient (Wildman–Crippen LogP) is 4.03. The third kappa shape index (κ3) is 2.58. The maximum absolute atomic E-state index is 12.9. The Kier molecular flexibility index (Phi) is 3.56. The average molecular weight is 268 g/mol. The molecule has 4 heteroatoms. The van der Waals surface area contributed by atoms with Crippen LogP contribution in [-0.4, -0.2) is 6.10 Å². The van der Waals surface area contributed by atoms with Crippen LogP contribution in [0.3, 0.4) is 0 Å². The minimum atomic E-state index is -0.388. The monoisotopic (exact) mass is 266 g/mol. The number of benzene rings is 1. The highest BCUT2D eigenvalue weighted by molar-refractivity contribution is 9.10. The maximum atomic E-state index is 12.9. The van der Waals surface area contributed by atoms with E-state index in [1.54, 1.807) is 0 Å². The van der Waals surface area contributed by atoms with Crippen molar-refractivity contribution in [1.82, 2.24) is 0 Å². The van der Waals surface area contributed by atoms with E-state index in [2.05, 4.69) is 15.9 Å². The van der Waals surface area contributed by atoms with Gasteiger partial charge in [-0.1, -0.05) is 11.6 Å². The van der Waals surface area contributed by atoms with Gasteiger partial charge in [-0.2, -0.15) is 0 Å². The summed E-state index contributed by atoms with van der Waals surface area (Å²) in [5.41, 5.74) is 0. The van der Waals surface area contributed by atoms with Crippen molar-refractivity contribution in [3.05, 3.63) is 27.4 Å². The Hall–Kier alpha value is -0.280. The van der Waals surface area contributed by atoms with Crippen LogP contribution >= 0.6 is 27.5 Å². The summed E-state index contributed by atoms with van der Waals surface area (Å²) in [4.78, 5) is 0. The summed E-state index contributed by atoms with van der Waals surface area (Å²) >= 11 is 8.86. The van der Waals surface area contributed by atoms with Crippen molar-refractivity contribution >= 4 is 27.5 Å². The summed E-state index contributed by atoms with van der Waals surface area (Å²) in [7, 11) is 0. The Balaban J connectivity index is 3.04. The fourth-order valence-electron chi connectivity index (χ4n) is 0.853. The molecule has 0 saturated heterocycles. The first-order valence-corrected chi connectivity index (χ1v) is 4.99. The Labute approximate surface area is 90.0 Å². The third-order valence-electron chi connectivity index (χ3n) is 1.36. The molecule has 1 aromatic carbocycles. The van der Waals surface area contributed by atoms with E-state index in [9.17, 15) is 4.39 Å². The standard InChI is InChI=1S/C9H9BrClFO/c1-5(2)13-7-4-3-6(12)8(10)9(7)11/h3-5H,1-2H3. The Morgan fingerprint density at radius 3 is 2.62 bits per heavy atom. The minimum Gasteiger partial charge on any atom is -0.489 e. The van der Waals surface area contributed by atoms with E-state index >= 15 is 0 Å². The Morgan fingerprint density at radius 1 is 1.46 bits per heavy atom. The molecule has 0 unspecified atom stereocenters. The molecule has 0 aliphatic heterocycles. The van der Waals surface area contributed by atoms with Gasteiger partial charge < -0.3 is 4.74 Å². The fourth-order valence-corrected chi connectivity index (χ4v) is 1.38. The summed E-state index contributed by atoms with van der Waals surface area (Å²) in [6.45, 7) is 3.77. The molecule has 72 valence electrons. The van der Waals surface area contributed by atoms with Crippen LogP contribution in [0.15, 0.2) is 16.6 Å². The molecule has 1 rings (SSSR count). The van der Waals surface area contributed by atoms with Crippen molar-refractivity contribution in [3.8, 4) is 5.75 Å². The van der Waals surface area contributed by atoms with Gasteiger partial charge in [0.1, 0.15) is 11.6 Å². The highest BCUT2D eigenvalue weighted by Crippen LogP contribution is 2.34. The van der Waals surface area contributed by atoms with E-state index in [1.807, 2.05) is 13.8 Å². The van der Waals surface area contributed by atoms with E-state index in [0.717, 1.165) is 0 Å². The van der Waals surface area contributed by atoms with Gasteiger partial charge in [0.05, 0.1) is 15.6 Å². The summed E-state index contributed by atoms with van der Waals surface area (Å²) in [5.74, 6) is 0.103. The zero-order chi connectivity index (χ0) is 10.0. The van der Waals surface area contributed by atoms with Gasteiger partial charge in [-0.3, -0.25) is 0 Å². The summed E-state index contributed by atoms with van der Waals surface area (Å²) in [6, 6.07) is 2.83. The lowest BCUT2D eigenvalue weighted by atomic mass is 10.3. The van der Waals surface area contributed by atoms with Crippen LogP contribution in [0.2, 0.25) is 5.02 Å². The highest BCUT2D eigenvalue weighted by Gasteiger charge is 2.10. The number of hydrogen-bond donors (Lipinski definition) is 0. The quantitative estimate of drug-likeness (QED) is 0.735. The molecule has 0 aliphatic carbocycles. The van der Waals surface area contributed by atoms with E-state index in [4.69, 9.17) is 16.3 Å². The smallest absolute Gasteiger partial charge is 0.139 e. The zero-order valence-corrected chi connectivity index (χ0v) is 9.62. The highest BCUT2D eigenvalue weighted by atomic mass is 79.9. The molecule has 0 heterocycles. The fraction of sp³-hybridized carbons (Fsp3) is 0.333. The average Bonchev–Trinajstić information content (AvgIpc) is 2.06. The van der Waals surface area contributed by atoms with Crippen molar-refractivity contribution < 1.29 is 9.13 Å². The van der Waals surface area contributed by atoms with Gasteiger partial charge in [-0.15, -0.1) is 0 Å². The van der Waals surface area contributed by atoms with E-state index in [-0.39, 0.29) is 21.4 Å². The molecule has 0 aromatic heterocycles. The van der Waals surface area contributed by atoms with Crippen molar-refractivity contribution in [2.45, 2.75) is 20.0 Å². The van der Waals surface area contributed by atoms with Crippen molar-refractivity contribution in [1.29, 1.82) is 0 Å². The van der Waals surface area contributed by atoms with Crippen molar-refractivity contribution in [3.63, 3.8) is 0 Å². The molecule has 0 radical (unpaired) electrons. The number of rotatable bonds is 2. The number of hydrogen-bond acceptors (Lipinski definition) is 1. The van der Waals surface area contributed by atoms with Gasteiger partial charge in [-0.25, -0.2) is 4.39 Å². The molecule has 13 heavy (non-hydrogen) atoms. The van der Waals surface area contributed by atoms with Gasteiger partial charge in [0.2, 0.25) is 0 Å². The molecular weight excluding hydrogens is 258 g/mol. The minimum absolute atomic E-state index is 0.0230.